The van der Waals surface area contributed by atoms with Crippen LogP contribution in [0.15, 0.2) is 58.7 Å². The normalized spacial score (nSPS) is 18.6. The lowest BCUT2D eigenvalue weighted by Gasteiger charge is -2.04. The highest BCUT2D eigenvalue weighted by Crippen LogP contribution is 2.33. The van der Waals surface area contributed by atoms with Crippen LogP contribution in [0.25, 0.3) is 0 Å². The van der Waals surface area contributed by atoms with E-state index < -0.39 is 10.0 Å². The van der Waals surface area contributed by atoms with Crippen LogP contribution in [0.2, 0.25) is 0 Å². The standard InChI is InChI=1S/C13H17NO2S.2C2H6/c1-5-9-11-13(10(6-2)7-3)12(8-4)17(15,16)14-11;2*1-2/h5-9,14H,2H2,1,3-4H3;2*1-2H3/b9-5-,10-7-,12-8+;;. The molecular weight excluding hydrogens is 282 g/mol. The Balaban J connectivity index is 0. The van der Waals surface area contributed by atoms with Crippen LogP contribution in [0.5, 0.6) is 0 Å². The highest BCUT2D eigenvalue weighted by Gasteiger charge is 2.31. The zero-order chi connectivity index (χ0) is 17.1. The van der Waals surface area contributed by atoms with Crippen molar-refractivity contribution in [2.24, 2.45) is 0 Å². The van der Waals surface area contributed by atoms with Crippen LogP contribution in [0, 0.1) is 0 Å². The summed E-state index contributed by atoms with van der Waals surface area (Å²) in [6.45, 7) is 17.1. The van der Waals surface area contributed by atoms with Gasteiger partial charge in [-0.25, -0.2) is 8.42 Å². The summed E-state index contributed by atoms with van der Waals surface area (Å²) in [6.07, 6.45) is 8.65. The van der Waals surface area contributed by atoms with E-state index in [1.165, 1.54) is 0 Å². The quantitative estimate of drug-likeness (QED) is 0.758. The van der Waals surface area contributed by atoms with E-state index in [1.54, 1.807) is 31.2 Å². The van der Waals surface area contributed by atoms with E-state index in [0.29, 0.717) is 16.2 Å². The van der Waals surface area contributed by atoms with E-state index in [4.69, 9.17) is 0 Å². The fraction of sp³-hybridized carbons (Fsp3) is 0.412. The number of rotatable bonds is 3. The summed E-state index contributed by atoms with van der Waals surface area (Å²) in [5.41, 5.74) is 2.08. The van der Waals surface area contributed by atoms with Gasteiger partial charge in [0.15, 0.2) is 0 Å². The summed E-state index contributed by atoms with van der Waals surface area (Å²) < 4.78 is 26.4. The molecule has 0 saturated heterocycles. The molecule has 1 rings (SSSR count). The second kappa shape index (κ2) is 11.1. The number of hydrogen-bond donors (Lipinski definition) is 1. The minimum atomic E-state index is -3.43. The van der Waals surface area contributed by atoms with E-state index in [1.807, 2.05) is 47.6 Å². The van der Waals surface area contributed by atoms with Crippen LogP contribution in [0.4, 0.5) is 0 Å². The second-order valence-corrected chi connectivity index (χ2v) is 5.15. The number of allylic oxidation sites excluding steroid dienone is 7. The van der Waals surface area contributed by atoms with Crippen LogP contribution in [0.1, 0.15) is 48.5 Å². The molecule has 0 aromatic carbocycles. The topological polar surface area (TPSA) is 46.2 Å². The van der Waals surface area contributed by atoms with Crippen molar-refractivity contribution in [3.63, 3.8) is 0 Å². The summed E-state index contributed by atoms with van der Waals surface area (Å²) in [6, 6.07) is 0. The number of sulfonamides is 1. The Bertz CT molecular complexity index is 547. The molecule has 0 atom stereocenters. The highest BCUT2D eigenvalue weighted by molar-refractivity contribution is 7.94. The maximum atomic E-state index is 11.9. The average Bonchev–Trinajstić information content (AvgIpc) is 2.75. The van der Waals surface area contributed by atoms with E-state index in [9.17, 15) is 8.42 Å². The molecule has 0 aromatic heterocycles. The summed E-state index contributed by atoms with van der Waals surface area (Å²) in [5, 5.41) is 0. The first-order valence-electron chi connectivity index (χ1n) is 7.37. The SMILES string of the molecule is C=C/C(=C/C)C1=C(/C=C\C)NS(=O)(=O)/C1=C/C.CC.CC. The molecule has 0 unspecified atom stereocenters. The Morgan fingerprint density at radius 2 is 1.62 bits per heavy atom. The van der Waals surface area contributed by atoms with Crippen molar-refractivity contribution in [1.82, 2.24) is 4.72 Å². The third-order valence-corrected chi connectivity index (χ3v) is 3.97. The fourth-order valence-electron chi connectivity index (χ4n) is 1.76. The molecule has 0 amide bonds. The molecule has 0 bridgehead atoms. The van der Waals surface area contributed by atoms with Crippen LogP contribution in [-0.4, -0.2) is 8.42 Å². The van der Waals surface area contributed by atoms with Gasteiger partial charge in [0.2, 0.25) is 0 Å². The van der Waals surface area contributed by atoms with E-state index >= 15 is 0 Å². The van der Waals surface area contributed by atoms with Crippen LogP contribution >= 0.6 is 0 Å². The van der Waals surface area contributed by atoms with Crippen molar-refractivity contribution in [2.45, 2.75) is 48.5 Å². The Hall–Kier alpha value is -1.55. The smallest absolute Gasteiger partial charge is 0.262 e. The molecule has 0 spiro atoms. The van der Waals surface area contributed by atoms with E-state index in [2.05, 4.69) is 11.3 Å². The Labute approximate surface area is 130 Å². The van der Waals surface area contributed by atoms with Gasteiger partial charge in [-0.15, -0.1) is 0 Å². The van der Waals surface area contributed by atoms with E-state index in [-0.39, 0.29) is 0 Å². The van der Waals surface area contributed by atoms with Crippen molar-refractivity contribution in [3.8, 4) is 0 Å². The van der Waals surface area contributed by atoms with Gasteiger partial charge in [0.05, 0.1) is 10.6 Å². The summed E-state index contributed by atoms with van der Waals surface area (Å²) in [4.78, 5) is 0.304. The molecule has 1 heterocycles. The Morgan fingerprint density at radius 1 is 1.10 bits per heavy atom. The molecule has 3 nitrogen and oxygen atoms in total. The molecule has 0 aliphatic carbocycles. The minimum absolute atomic E-state index is 0.304. The summed E-state index contributed by atoms with van der Waals surface area (Å²) in [7, 11) is -3.43. The van der Waals surface area contributed by atoms with Gasteiger partial charge in [0.25, 0.3) is 10.0 Å². The van der Waals surface area contributed by atoms with Crippen LogP contribution < -0.4 is 4.72 Å². The molecule has 0 radical (unpaired) electrons. The van der Waals surface area contributed by atoms with Crippen LogP contribution in [0.3, 0.4) is 0 Å². The molecular formula is C17H29NO2S. The summed E-state index contributed by atoms with van der Waals surface area (Å²) in [5.74, 6) is 0. The first kappa shape index (κ1) is 21.7. The van der Waals surface area contributed by atoms with Crippen molar-refractivity contribution in [3.05, 3.63) is 58.7 Å². The average molecular weight is 311 g/mol. The lowest BCUT2D eigenvalue weighted by Crippen LogP contribution is -2.16. The minimum Gasteiger partial charge on any atom is -0.279 e. The second-order valence-electron chi connectivity index (χ2n) is 3.50. The van der Waals surface area contributed by atoms with E-state index in [0.717, 1.165) is 5.57 Å². The predicted octanol–water partition coefficient (Wildman–Crippen LogP) is 4.84. The monoisotopic (exact) mass is 311 g/mol. The van der Waals surface area contributed by atoms with Gasteiger partial charge < -0.3 is 0 Å². The lowest BCUT2D eigenvalue weighted by atomic mass is 10.0. The van der Waals surface area contributed by atoms with Crippen molar-refractivity contribution in [1.29, 1.82) is 0 Å². The molecule has 4 heteroatoms. The van der Waals surface area contributed by atoms with Gasteiger partial charge in [-0.2, -0.15) is 0 Å². The molecule has 0 saturated carbocycles. The number of nitrogens with one attached hydrogen (secondary N) is 1. The highest BCUT2D eigenvalue weighted by atomic mass is 32.2. The molecule has 21 heavy (non-hydrogen) atoms. The van der Waals surface area contributed by atoms with Crippen molar-refractivity contribution >= 4 is 10.0 Å². The van der Waals surface area contributed by atoms with Gasteiger partial charge in [-0.1, -0.05) is 58.6 Å². The van der Waals surface area contributed by atoms with Gasteiger partial charge in [-0.05, 0) is 32.4 Å². The predicted molar refractivity (Wildman–Crippen MR) is 94.3 cm³/mol. The molecule has 120 valence electrons. The van der Waals surface area contributed by atoms with Crippen molar-refractivity contribution < 1.29 is 8.42 Å². The first-order chi connectivity index (χ1) is 10.0. The molecule has 0 aromatic rings. The molecule has 1 aliphatic rings. The fourth-order valence-corrected chi connectivity index (χ4v) is 3.14. The maximum Gasteiger partial charge on any atom is 0.262 e. The third-order valence-electron chi connectivity index (χ3n) is 2.46. The Morgan fingerprint density at radius 3 is 1.95 bits per heavy atom. The number of hydrogen-bond acceptors (Lipinski definition) is 2. The molecule has 1 N–H and O–H groups in total. The van der Waals surface area contributed by atoms with Gasteiger partial charge in [-0.3, -0.25) is 4.72 Å². The van der Waals surface area contributed by atoms with Crippen LogP contribution in [-0.2, 0) is 10.0 Å². The lowest BCUT2D eigenvalue weighted by molar-refractivity contribution is 0.598. The van der Waals surface area contributed by atoms with Gasteiger partial charge >= 0.3 is 0 Å². The molecule has 1 aliphatic heterocycles. The molecule has 0 fully saturated rings. The van der Waals surface area contributed by atoms with Gasteiger partial charge in [0.1, 0.15) is 0 Å². The van der Waals surface area contributed by atoms with Gasteiger partial charge in [0, 0.05) is 5.57 Å². The largest absolute Gasteiger partial charge is 0.279 e. The zero-order valence-electron chi connectivity index (χ0n) is 14.3. The first-order valence-corrected chi connectivity index (χ1v) is 8.85. The summed E-state index contributed by atoms with van der Waals surface area (Å²) >= 11 is 0. The Kier molecular flexibility index (Phi) is 11.5. The zero-order valence-corrected chi connectivity index (χ0v) is 15.1. The third kappa shape index (κ3) is 5.38. The van der Waals surface area contributed by atoms with Crippen molar-refractivity contribution in [2.75, 3.05) is 0 Å². The maximum absolute atomic E-state index is 11.9.